The van der Waals surface area contributed by atoms with Gasteiger partial charge in [-0.25, -0.2) is 13.9 Å². The molecule has 17 heteroatoms. The zero-order chi connectivity index (χ0) is 12.3. The fourth-order valence-electron chi connectivity index (χ4n) is 0.477. The summed E-state index contributed by atoms with van der Waals surface area (Å²) in [6, 6.07) is 0. The molecule has 0 aromatic carbocycles. The molecule has 0 aliphatic rings. The average Bonchev–Trinajstić information content (AvgIpc) is 1.93. The number of carboxylic acid groups (broad SMARTS) is 1. The zero-order valence-electron chi connectivity index (χ0n) is 12.0. The topological polar surface area (TPSA) is 171 Å². The summed E-state index contributed by atoms with van der Waals surface area (Å²) in [5.41, 5.74) is 0. The first-order valence-electron chi connectivity index (χ1n) is 3.18. The van der Waals surface area contributed by atoms with Crippen molar-refractivity contribution in [2.75, 3.05) is 6.61 Å². The summed E-state index contributed by atoms with van der Waals surface area (Å²) < 4.78 is 27.8. The van der Waals surface area contributed by atoms with E-state index in [0.717, 1.165) is 0 Å². The number of rotatable bonds is 6. The Morgan fingerprint density at radius 1 is 0.900 bits per heavy atom. The third kappa shape index (κ3) is 27.5. The van der Waals surface area contributed by atoms with Crippen molar-refractivity contribution in [1.29, 1.82) is 0 Å². The Kier molecular flexibility index (Phi) is 36.7. The molecule has 0 saturated carbocycles. The van der Waals surface area contributed by atoms with Crippen LogP contribution in [0.4, 0.5) is 0 Å². The van der Waals surface area contributed by atoms with Gasteiger partial charge in [-0.05, 0) is 0 Å². The van der Waals surface area contributed by atoms with Gasteiger partial charge in [0.05, 0.1) is 6.61 Å². The SMILES string of the molecule is O=C(O)[C@@H](COP(=O)(O)O)OP(=O)(O)O.[Na].[Na].[Na].[Na].[Na]. The summed E-state index contributed by atoms with van der Waals surface area (Å²) in [7, 11) is -9.99. The van der Waals surface area contributed by atoms with Crippen LogP contribution in [0.5, 0.6) is 0 Å². The second-order valence-corrected chi connectivity index (χ2v) is 4.64. The molecule has 20 heavy (non-hydrogen) atoms. The van der Waals surface area contributed by atoms with E-state index in [1.54, 1.807) is 0 Å². The van der Waals surface area contributed by atoms with Crippen molar-refractivity contribution in [2.24, 2.45) is 0 Å². The summed E-state index contributed by atoms with van der Waals surface area (Å²) in [6.45, 7) is -1.19. The number of hydrogen-bond acceptors (Lipinski definition) is 5. The van der Waals surface area contributed by atoms with E-state index in [1.165, 1.54) is 0 Å². The van der Waals surface area contributed by atoms with Crippen molar-refractivity contribution in [1.82, 2.24) is 0 Å². The summed E-state index contributed by atoms with van der Waals surface area (Å²) in [6.07, 6.45) is -2.17. The molecule has 5 radical (unpaired) electrons. The van der Waals surface area contributed by atoms with Crippen LogP contribution in [-0.2, 0) is 23.0 Å². The van der Waals surface area contributed by atoms with Crippen LogP contribution in [0.15, 0.2) is 0 Å². The Morgan fingerprint density at radius 3 is 1.45 bits per heavy atom. The third-order valence-corrected chi connectivity index (χ3v) is 1.95. The van der Waals surface area contributed by atoms with Crippen molar-refractivity contribution in [3.63, 3.8) is 0 Å². The smallest absolute Gasteiger partial charge is 0.470 e. The molecule has 10 nitrogen and oxygen atoms in total. The van der Waals surface area contributed by atoms with Crippen LogP contribution in [0.1, 0.15) is 0 Å². The molecule has 0 bridgehead atoms. The molecular weight excluding hydrogens is 373 g/mol. The van der Waals surface area contributed by atoms with Crippen LogP contribution in [-0.4, -0.2) is 191 Å². The Morgan fingerprint density at radius 2 is 1.25 bits per heavy atom. The number of carboxylic acids is 1. The molecule has 0 heterocycles. The number of hydrogen-bond donors (Lipinski definition) is 5. The number of aliphatic carboxylic acids is 1. The van der Waals surface area contributed by atoms with Crippen molar-refractivity contribution in [3.05, 3.63) is 0 Å². The van der Waals surface area contributed by atoms with Crippen LogP contribution in [0.2, 0.25) is 0 Å². The molecule has 0 amide bonds. The second kappa shape index (κ2) is 18.5. The van der Waals surface area contributed by atoms with Gasteiger partial charge in [0.15, 0.2) is 6.10 Å². The number of phosphoric acid groups is 2. The van der Waals surface area contributed by atoms with Crippen LogP contribution >= 0.6 is 15.6 Å². The summed E-state index contributed by atoms with van der Waals surface area (Å²) in [5, 5.41) is 8.33. The predicted molar refractivity (Wildman–Crippen MR) is 71.3 cm³/mol. The molecule has 95 valence electrons. The largest absolute Gasteiger partial charge is 0.479 e. The van der Waals surface area contributed by atoms with E-state index in [9.17, 15) is 13.9 Å². The van der Waals surface area contributed by atoms with E-state index < -0.39 is 34.3 Å². The standard InChI is InChI=1S/C3H8O10P2.5Na/c4-3(5)2(13-15(9,10)11)1-12-14(6,7)8;;;;;/h2H,1H2,(H,4,5)(H2,6,7,8)(H2,9,10,11);;;;;/t2-;;;;;/m1...../s1. The first-order chi connectivity index (χ1) is 6.51. The second-order valence-electron chi connectivity index (χ2n) is 2.21. The van der Waals surface area contributed by atoms with E-state index in [1.807, 2.05) is 0 Å². The van der Waals surface area contributed by atoms with Crippen molar-refractivity contribution < 1.29 is 47.7 Å². The molecule has 0 rings (SSSR count). The van der Waals surface area contributed by atoms with Gasteiger partial charge in [0, 0.05) is 148 Å². The fourth-order valence-corrected chi connectivity index (χ4v) is 1.29. The number of carbonyl (C=O) groups is 1. The van der Waals surface area contributed by atoms with Gasteiger partial charge in [-0.15, -0.1) is 0 Å². The molecule has 0 unspecified atom stereocenters. The summed E-state index contributed by atoms with van der Waals surface area (Å²) in [5.74, 6) is -1.83. The van der Waals surface area contributed by atoms with Gasteiger partial charge in [0.1, 0.15) is 0 Å². The molecule has 0 aliphatic heterocycles. The van der Waals surface area contributed by atoms with Crippen molar-refractivity contribution >= 4 is 169 Å². The molecule has 0 fully saturated rings. The normalized spacial score (nSPS) is 11.2. The van der Waals surface area contributed by atoms with Gasteiger partial charge in [0.25, 0.3) is 0 Å². The molecule has 0 aromatic heterocycles. The Hall–Kier alpha value is 4.69. The molecule has 0 aromatic rings. The first kappa shape index (κ1) is 39.7. The van der Waals surface area contributed by atoms with Gasteiger partial charge in [-0.1, -0.05) is 0 Å². The number of phosphoric ester groups is 2. The summed E-state index contributed by atoms with van der Waals surface area (Å²) in [4.78, 5) is 43.2. The molecule has 0 saturated heterocycles. The summed E-state index contributed by atoms with van der Waals surface area (Å²) >= 11 is 0. The minimum atomic E-state index is -5.07. The van der Waals surface area contributed by atoms with Gasteiger partial charge in [0.2, 0.25) is 0 Å². The minimum Gasteiger partial charge on any atom is -0.479 e. The fraction of sp³-hybridized carbons (Fsp3) is 0.667. The molecule has 0 aliphatic carbocycles. The van der Waals surface area contributed by atoms with E-state index in [-0.39, 0.29) is 148 Å². The van der Waals surface area contributed by atoms with Crippen LogP contribution in [0.25, 0.3) is 0 Å². The Balaban J connectivity index is -0.0000000980. The average molecular weight is 381 g/mol. The van der Waals surface area contributed by atoms with Crippen molar-refractivity contribution in [2.45, 2.75) is 6.10 Å². The molecular formula is C3H8Na5O10P2. The van der Waals surface area contributed by atoms with Crippen molar-refractivity contribution in [3.8, 4) is 0 Å². The molecule has 5 N–H and O–H groups in total. The first-order valence-corrected chi connectivity index (χ1v) is 6.24. The predicted octanol–water partition coefficient (Wildman–Crippen LogP) is -3.25. The minimum absolute atomic E-state index is 0. The maximum absolute atomic E-state index is 10.3. The maximum Gasteiger partial charge on any atom is 0.470 e. The van der Waals surface area contributed by atoms with E-state index in [2.05, 4.69) is 9.05 Å². The molecule has 1 atom stereocenters. The Bertz CT molecular complexity index is 327. The maximum atomic E-state index is 10.3. The van der Waals surface area contributed by atoms with Crippen LogP contribution in [0, 0.1) is 0 Å². The molecule has 0 spiro atoms. The van der Waals surface area contributed by atoms with Gasteiger partial charge < -0.3 is 24.7 Å². The van der Waals surface area contributed by atoms with Crippen LogP contribution in [0.3, 0.4) is 0 Å². The van der Waals surface area contributed by atoms with Gasteiger partial charge >= 0.3 is 21.6 Å². The quantitative estimate of drug-likeness (QED) is 0.233. The van der Waals surface area contributed by atoms with Crippen LogP contribution < -0.4 is 0 Å². The Labute approximate surface area is 225 Å². The van der Waals surface area contributed by atoms with E-state index >= 15 is 0 Å². The monoisotopic (exact) mass is 381 g/mol. The van der Waals surface area contributed by atoms with Gasteiger partial charge in [-0.2, -0.15) is 0 Å². The van der Waals surface area contributed by atoms with E-state index in [4.69, 9.17) is 24.7 Å². The van der Waals surface area contributed by atoms with E-state index in [0.29, 0.717) is 0 Å². The third-order valence-electron chi connectivity index (χ3n) is 0.934. The van der Waals surface area contributed by atoms with Gasteiger partial charge in [-0.3, -0.25) is 9.05 Å². The zero-order valence-corrected chi connectivity index (χ0v) is 23.7.